The average Bonchev–Trinajstić information content (AvgIpc) is 2.86. The van der Waals surface area contributed by atoms with Gasteiger partial charge in [-0.2, -0.15) is 0 Å². The van der Waals surface area contributed by atoms with Crippen LogP contribution < -0.4 is 10.1 Å². The Morgan fingerprint density at radius 2 is 2.39 bits per heavy atom. The lowest BCUT2D eigenvalue weighted by molar-refractivity contribution is -0.124. The van der Waals surface area contributed by atoms with Crippen molar-refractivity contribution in [1.29, 1.82) is 0 Å². The molecule has 0 radical (unpaired) electrons. The third-order valence-electron chi connectivity index (χ3n) is 2.96. The van der Waals surface area contributed by atoms with Crippen LogP contribution in [0, 0.1) is 6.92 Å². The van der Waals surface area contributed by atoms with Crippen molar-refractivity contribution >= 4 is 11.6 Å². The number of carbonyl (C=O) groups is 1. The van der Waals surface area contributed by atoms with Crippen LogP contribution in [0.1, 0.15) is 25.3 Å². The molecule has 0 saturated carbocycles. The van der Waals surface area contributed by atoms with Gasteiger partial charge >= 0.3 is 0 Å². The maximum atomic E-state index is 11.9. The molecule has 98 valence electrons. The first-order valence-electron chi connectivity index (χ1n) is 6.36. The van der Waals surface area contributed by atoms with Gasteiger partial charge < -0.3 is 14.8 Å². The van der Waals surface area contributed by atoms with Crippen molar-refractivity contribution in [2.75, 3.05) is 18.5 Å². The average molecular weight is 249 g/mol. The van der Waals surface area contributed by atoms with E-state index in [2.05, 4.69) is 5.32 Å². The van der Waals surface area contributed by atoms with Crippen molar-refractivity contribution < 1.29 is 14.3 Å². The summed E-state index contributed by atoms with van der Waals surface area (Å²) in [6.07, 6.45) is 1.47. The molecule has 18 heavy (non-hydrogen) atoms. The number of hydrogen-bond acceptors (Lipinski definition) is 3. The van der Waals surface area contributed by atoms with Gasteiger partial charge in [-0.15, -0.1) is 0 Å². The van der Waals surface area contributed by atoms with Crippen LogP contribution in [0.5, 0.6) is 5.75 Å². The highest BCUT2D eigenvalue weighted by Crippen LogP contribution is 2.22. The minimum absolute atomic E-state index is 0.0592. The Bertz CT molecular complexity index is 425. The molecule has 2 rings (SSSR count). The van der Waals surface area contributed by atoms with Crippen LogP contribution in [0.3, 0.4) is 0 Å². The van der Waals surface area contributed by atoms with Crippen LogP contribution in [0.2, 0.25) is 0 Å². The monoisotopic (exact) mass is 249 g/mol. The van der Waals surface area contributed by atoms with Gasteiger partial charge in [0.15, 0.2) is 0 Å². The van der Waals surface area contributed by atoms with E-state index in [0.29, 0.717) is 13.2 Å². The Balaban J connectivity index is 2.00. The van der Waals surface area contributed by atoms with E-state index in [4.69, 9.17) is 9.47 Å². The largest absolute Gasteiger partial charge is 0.494 e. The SMILES string of the molecule is CCOc1ccc(NC(=O)C2CCCO2)cc1C. The lowest BCUT2D eigenvalue weighted by atomic mass is 10.2. The summed E-state index contributed by atoms with van der Waals surface area (Å²) in [6, 6.07) is 5.65. The van der Waals surface area contributed by atoms with E-state index in [1.165, 1.54) is 0 Å². The van der Waals surface area contributed by atoms with Crippen LogP contribution in [0.4, 0.5) is 5.69 Å². The van der Waals surface area contributed by atoms with Crippen molar-refractivity contribution in [3.63, 3.8) is 0 Å². The van der Waals surface area contributed by atoms with Gasteiger partial charge in [-0.05, 0) is 50.5 Å². The summed E-state index contributed by atoms with van der Waals surface area (Å²) in [7, 11) is 0. The smallest absolute Gasteiger partial charge is 0.253 e. The molecule has 1 N–H and O–H groups in total. The number of rotatable bonds is 4. The summed E-state index contributed by atoms with van der Waals surface area (Å²) in [5.41, 5.74) is 1.80. The van der Waals surface area contributed by atoms with Crippen molar-refractivity contribution in [2.24, 2.45) is 0 Å². The molecule has 0 spiro atoms. The summed E-state index contributed by atoms with van der Waals surface area (Å²) >= 11 is 0. The molecule has 1 aliphatic heterocycles. The second-order valence-corrected chi connectivity index (χ2v) is 4.40. The van der Waals surface area contributed by atoms with Crippen LogP contribution >= 0.6 is 0 Å². The molecule has 1 amide bonds. The topological polar surface area (TPSA) is 47.6 Å². The Hall–Kier alpha value is -1.55. The van der Waals surface area contributed by atoms with E-state index in [1.54, 1.807) is 0 Å². The van der Waals surface area contributed by atoms with Gasteiger partial charge in [-0.25, -0.2) is 0 Å². The van der Waals surface area contributed by atoms with Crippen molar-refractivity contribution in [3.05, 3.63) is 23.8 Å². The van der Waals surface area contributed by atoms with Crippen LogP contribution in [-0.4, -0.2) is 25.2 Å². The number of hydrogen-bond donors (Lipinski definition) is 1. The molecule has 4 heteroatoms. The lowest BCUT2D eigenvalue weighted by Crippen LogP contribution is -2.26. The summed E-state index contributed by atoms with van der Waals surface area (Å²) in [5.74, 6) is 0.795. The van der Waals surface area contributed by atoms with Gasteiger partial charge in [0.05, 0.1) is 6.61 Å². The second kappa shape index (κ2) is 5.87. The minimum Gasteiger partial charge on any atom is -0.494 e. The van der Waals surface area contributed by atoms with Crippen LogP contribution in [-0.2, 0) is 9.53 Å². The van der Waals surface area contributed by atoms with E-state index in [9.17, 15) is 4.79 Å². The van der Waals surface area contributed by atoms with Gasteiger partial charge in [0, 0.05) is 12.3 Å². The molecule has 1 unspecified atom stereocenters. The third kappa shape index (κ3) is 3.01. The fourth-order valence-electron chi connectivity index (χ4n) is 2.05. The van der Waals surface area contributed by atoms with E-state index in [-0.39, 0.29) is 12.0 Å². The standard InChI is InChI=1S/C14H19NO3/c1-3-17-12-7-6-11(9-10(12)2)15-14(16)13-5-4-8-18-13/h6-7,9,13H,3-5,8H2,1-2H3,(H,15,16). The number of carbonyl (C=O) groups excluding carboxylic acids is 1. The first-order chi connectivity index (χ1) is 8.70. The summed E-state index contributed by atoms with van der Waals surface area (Å²) in [6.45, 7) is 5.24. The molecule has 1 aliphatic rings. The molecule has 0 bridgehead atoms. The number of amides is 1. The molecule has 1 aromatic rings. The number of nitrogens with one attached hydrogen (secondary N) is 1. The predicted molar refractivity (Wildman–Crippen MR) is 70.0 cm³/mol. The third-order valence-corrected chi connectivity index (χ3v) is 2.96. The number of benzene rings is 1. The van der Waals surface area contributed by atoms with Crippen molar-refractivity contribution in [3.8, 4) is 5.75 Å². The molecule has 1 atom stereocenters. The number of aryl methyl sites for hydroxylation is 1. The normalized spacial score (nSPS) is 18.7. The first kappa shape index (κ1) is 12.9. The highest BCUT2D eigenvalue weighted by Gasteiger charge is 2.23. The molecular formula is C14H19NO3. The van der Waals surface area contributed by atoms with Gasteiger partial charge in [0.1, 0.15) is 11.9 Å². The minimum atomic E-state index is -0.295. The van der Waals surface area contributed by atoms with Gasteiger partial charge in [-0.1, -0.05) is 0 Å². The highest BCUT2D eigenvalue weighted by molar-refractivity contribution is 5.94. The zero-order chi connectivity index (χ0) is 13.0. The summed E-state index contributed by atoms with van der Waals surface area (Å²) in [5, 5.41) is 2.87. The zero-order valence-corrected chi connectivity index (χ0v) is 10.9. The number of anilines is 1. The Morgan fingerprint density at radius 3 is 3.00 bits per heavy atom. The molecule has 0 aliphatic carbocycles. The fraction of sp³-hybridized carbons (Fsp3) is 0.500. The van der Waals surface area contributed by atoms with Gasteiger partial charge in [-0.3, -0.25) is 4.79 Å². The molecule has 1 saturated heterocycles. The second-order valence-electron chi connectivity index (χ2n) is 4.40. The van der Waals surface area contributed by atoms with Gasteiger partial charge in [0.25, 0.3) is 5.91 Å². The summed E-state index contributed by atoms with van der Waals surface area (Å²) in [4.78, 5) is 11.9. The molecule has 1 heterocycles. The lowest BCUT2D eigenvalue weighted by Gasteiger charge is -2.12. The Labute approximate surface area is 107 Å². The Kier molecular flexibility index (Phi) is 4.20. The van der Waals surface area contributed by atoms with E-state index < -0.39 is 0 Å². The van der Waals surface area contributed by atoms with Crippen LogP contribution in [0.15, 0.2) is 18.2 Å². The molecular weight excluding hydrogens is 230 g/mol. The molecule has 0 aromatic heterocycles. The number of ether oxygens (including phenoxy) is 2. The zero-order valence-electron chi connectivity index (χ0n) is 10.9. The van der Waals surface area contributed by atoms with E-state index in [0.717, 1.165) is 29.8 Å². The van der Waals surface area contributed by atoms with E-state index >= 15 is 0 Å². The van der Waals surface area contributed by atoms with Gasteiger partial charge in [0.2, 0.25) is 0 Å². The van der Waals surface area contributed by atoms with Crippen molar-refractivity contribution in [1.82, 2.24) is 0 Å². The molecule has 1 aromatic carbocycles. The quantitative estimate of drug-likeness (QED) is 0.892. The summed E-state index contributed by atoms with van der Waals surface area (Å²) < 4.78 is 10.8. The van der Waals surface area contributed by atoms with Crippen molar-refractivity contribution in [2.45, 2.75) is 32.8 Å². The first-order valence-corrected chi connectivity index (χ1v) is 6.36. The van der Waals surface area contributed by atoms with E-state index in [1.807, 2.05) is 32.0 Å². The fourth-order valence-corrected chi connectivity index (χ4v) is 2.05. The maximum Gasteiger partial charge on any atom is 0.253 e. The molecule has 1 fully saturated rings. The highest BCUT2D eigenvalue weighted by atomic mass is 16.5. The Morgan fingerprint density at radius 1 is 1.56 bits per heavy atom. The van der Waals surface area contributed by atoms with Crippen LogP contribution in [0.25, 0.3) is 0 Å². The predicted octanol–water partition coefficient (Wildman–Crippen LogP) is 2.51. The maximum absolute atomic E-state index is 11.9. The molecule has 4 nitrogen and oxygen atoms in total.